The third-order valence-electron chi connectivity index (χ3n) is 4.90. The van der Waals surface area contributed by atoms with E-state index in [0.29, 0.717) is 27.8 Å². The average Bonchev–Trinajstić information content (AvgIpc) is 3.49. The molecule has 154 valence electrons. The van der Waals surface area contributed by atoms with Crippen molar-refractivity contribution in [2.45, 2.75) is 25.3 Å². The summed E-state index contributed by atoms with van der Waals surface area (Å²) in [5, 5.41) is 10.9. The number of nitrogens with zero attached hydrogens (tertiary/aromatic N) is 2. The third kappa shape index (κ3) is 4.66. The molecule has 30 heavy (non-hydrogen) atoms. The molecule has 0 radical (unpaired) electrons. The Bertz CT molecular complexity index is 1080. The molecule has 0 unspecified atom stereocenters. The van der Waals surface area contributed by atoms with Crippen LogP contribution in [0.2, 0.25) is 10.0 Å². The van der Waals surface area contributed by atoms with Crippen LogP contribution in [0.5, 0.6) is 0 Å². The molecule has 1 saturated carbocycles. The lowest BCUT2D eigenvalue weighted by molar-refractivity contribution is -0.120. The van der Waals surface area contributed by atoms with E-state index in [1.807, 2.05) is 30.3 Å². The fourth-order valence-corrected chi connectivity index (χ4v) is 3.73. The van der Waals surface area contributed by atoms with Gasteiger partial charge in [-0.15, -0.1) is 0 Å². The van der Waals surface area contributed by atoms with E-state index in [9.17, 15) is 9.59 Å². The number of hydrogen-bond acceptors (Lipinski definition) is 3. The van der Waals surface area contributed by atoms with Crippen molar-refractivity contribution in [3.05, 3.63) is 81.6 Å². The molecule has 2 aromatic carbocycles. The maximum atomic E-state index is 12.8. The van der Waals surface area contributed by atoms with Crippen molar-refractivity contribution in [2.75, 3.05) is 6.54 Å². The summed E-state index contributed by atoms with van der Waals surface area (Å²) in [4.78, 5) is 24.9. The fraction of sp³-hybridized carbons (Fsp3) is 0.227. The average molecular weight is 443 g/mol. The number of nitrogens with one attached hydrogen (secondary N) is 2. The normalized spacial score (nSPS) is 13.1. The lowest BCUT2D eigenvalue weighted by Crippen LogP contribution is -2.36. The molecule has 0 aliphatic heterocycles. The van der Waals surface area contributed by atoms with Crippen LogP contribution in [0.1, 0.15) is 40.4 Å². The van der Waals surface area contributed by atoms with Crippen LogP contribution in [-0.2, 0) is 11.3 Å². The minimum Gasteiger partial charge on any atom is -0.350 e. The van der Waals surface area contributed by atoms with E-state index >= 15 is 0 Å². The van der Waals surface area contributed by atoms with Gasteiger partial charge in [-0.05, 0) is 36.6 Å². The molecule has 0 atom stereocenters. The van der Waals surface area contributed by atoms with E-state index in [1.165, 1.54) is 6.20 Å². The van der Waals surface area contributed by atoms with Crippen molar-refractivity contribution in [1.29, 1.82) is 0 Å². The summed E-state index contributed by atoms with van der Waals surface area (Å²) in [5.41, 5.74) is 2.93. The maximum absolute atomic E-state index is 12.8. The summed E-state index contributed by atoms with van der Waals surface area (Å²) in [6.45, 7) is 0.304. The molecule has 4 rings (SSSR count). The summed E-state index contributed by atoms with van der Waals surface area (Å²) in [6, 6.07) is 14.8. The molecule has 6 nitrogen and oxygen atoms in total. The fourth-order valence-electron chi connectivity index (χ4n) is 3.24. The van der Waals surface area contributed by atoms with Crippen LogP contribution in [0.4, 0.5) is 0 Å². The Morgan fingerprint density at radius 3 is 2.53 bits per heavy atom. The molecule has 1 heterocycles. The number of hydrogen-bond donors (Lipinski definition) is 2. The molecular formula is C22H20Cl2N4O2. The Balaban J connectivity index is 1.44. The first-order chi connectivity index (χ1) is 14.5. The predicted octanol–water partition coefficient (Wildman–Crippen LogP) is 4.10. The van der Waals surface area contributed by atoms with Crippen molar-refractivity contribution in [2.24, 2.45) is 0 Å². The molecule has 3 aromatic rings. The van der Waals surface area contributed by atoms with Gasteiger partial charge in [-0.3, -0.25) is 9.59 Å². The first-order valence-electron chi connectivity index (χ1n) is 9.65. The molecule has 1 fully saturated rings. The summed E-state index contributed by atoms with van der Waals surface area (Å²) in [7, 11) is 0. The van der Waals surface area contributed by atoms with Crippen LogP contribution in [-0.4, -0.2) is 28.1 Å². The van der Waals surface area contributed by atoms with E-state index in [-0.39, 0.29) is 24.3 Å². The third-order valence-corrected chi connectivity index (χ3v) is 5.43. The highest BCUT2D eigenvalue weighted by Gasteiger charge is 2.33. The van der Waals surface area contributed by atoms with Crippen LogP contribution in [0.15, 0.2) is 54.7 Å². The first kappa shape index (κ1) is 20.4. The van der Waals surface area contributed by atoms with Crippen LogP contribution in [0.3, 0.4) is 0 Å². The molecule has 0 saturated heterocycles. The van der Waals surface area contributed by atoms with Gasteiger partial charge in [0, 0.05) is 17.5 Å². The molecule has 1 aliphatic rings. The van der Waals surface area contributed by atoms with Crippen LogP contribution in [0, 0.1) is 0 Å². The van der Waals surface area contributed by atoms with Gasteiger partial charge in [0.05, 0.1) is 34.7 Å². The molecule has 8 heteroatoms. The highest BCUT2D eigenvalue weighted by Crippen LogP contribution is 2.43. The molecule has 2 amide bonds. The Labute approximate surface area is 184 Å². The van der Waals surface area contributed by atoms with Crippen molar-refractivity contribution < 1.29 is 9.59 Å². The van der Waals surface area contributed by atoms with Gasteiger partial charge in [-0.2, -0.15) is 5.10 Å². The minimum atomic E-state index is -0.330. The highest BCUT2D eigenvalue weighted by molar-refractivity contribution is 6.35. The number of amides is 2. The van der Waals surface area contributed by atoms with E-state index in [1.54, 1.807) is 22.9 Å². The Kier molecular flexibility index (Phi) is 6.06. The zero-order valence-corrected chi connectivity index (χ0v) is 17.6. The van der Waals surface area contributed by atoms with Gasteiger partial charge in [0.2, 0.25) is 5.91 Å². The van der Waals surface area contributed by atoms with Gasteiger partial charge in [-0.1, -0.05) is 53.5 Å². The second kappa shape index (κ2) is 8.90. The number of aromatic nitrogens is 2. The van der Waals surface area contributed by atoms with Crippen molar-refractivity contribution >= 4 is 35.0 Å². The largest absolute Gasteiger partial charge is 0.350 e. The van der Waals surface area contributed by atoms with Crippen molar-refractivity contribution in [3.63, 3.8) is 0 Å². The van der Waals surface area contributed by atoms with Crippen molar-refractivity contribution in [1.82, 2.24) is 20.4 Å². The quantitative estimate of drug-likeness (QED) is 0.577. The summed E-state index contributed by atoms with van der Waals surface area (Å²) < 4.78 is 1.70. The van der Waals surface area contributed by atoms with Crippen molar-refractivity contribution in [3.8, 4) is 5.69 Å². The van der Waals surface area contributed by atoms with Gasteiger partial charge in [0.15, 0.2) is 0 Å². The van der Waals surface area contributed by atoms with Gasteiger partial charge in [-0.25, -0.2) is 4.68 Å². The lowest BCUT2D eigenvalue weighted by Gasteiger charge is -2.11. The van der Waals surface area contributed by atoms with E-state index < -0.39 is 0 Å². The Hall–Kier alpha value is -2.83. The second-order valence-corrected chi connectivity index (χ2v) is 8.01. The summed E-state index contributed by atoms with van der Waals surface area (Å²) >= 11 is 12.3. The SMILES string of the molecule is O=C(CNC(=O)c1cnn(-c2ccc(Cl)cc2Cl)c1C1CC1)NCc1ccccc1. The second-order valence-electron chi connectivity index (χ2n) is 7.17. The zero-order valence-electron chi connectivity index (χ0n) is 16.1. The number of rotatable bonds is 7. The Morgan fingerprint density at radius 2 is 1.83 bits per heavy atom. The Morgan fingerprint density at radius 1 is 1.07 bits per heavy atom. The van der Waals surface area contributed by atoms with Crippen LogP contribution in [0.25, 0.3) is 5.69 Å². The van der Waals surface area contributed by atoms with E-state index in [4.69, 9.17) is 23.2 Å². The van der Waals surface area contributed by atoms with Gasteiger partial charge >= 0.3 is 0 Å². The summed E-state index contributed by atoms with van der Waals surface area (Å²) in [5.74, 6) is -0.344. The van der Waals surface area contributed by atoms with Crippen LogP contribution < -0.4 is 10.6 Å². The van der Waals surface area contributed by atoms with E-state index in [0.717, 1.165) is 24.1 Å². The predicted molar refractivity (Wildman–Crippen MR) is 116 cm³/mol. The smallest absolute Gasteiger partial charge is 0.255 e. The van der Waals surface area contributed by atoms with Gasteiger partial charge < -0.3 is 10.6 Å². The number of halogens is 2. The first-order valence-corrected chi connectivity index (χ1v) is 10.4. The van der Waals surface area contributed by atoms with E-state index in [2.05, 4.69) is 15.7 Å². The molecule has 0 bridgehead atoms. The van der Waals surface area contributed by atoms with Gasteiger partial charge in [0.25, 0.3) is 5.91 Å². The molecule has 1 aromatic heterocycles. The van der Waals surface area contributed by atoms with Gasteiger partial charge in [0.1, 0.15) is 0 Å². The minimum absolute atomic E-state index is 0.108. The monoisotopic (exact) mass is 442 g/mol. The topological polar surface area (TPSA) is 76.0 Å². The lowest BCUT2D eigenvalue weighted by atomic mass is 10.1. The molecule has 2 N–H and O–H groups in total. The highest BCUT2D eigenvalue weighted by atomic mass is 35.5. The van der Waals surface area contributed by atoms with Crippen LogP contribution >= 0.6 is 23.2 Å². The molecular weight excluding hydrogens is 423 g/mol. The number of carbonyl (C=O) groups is 2. The molecule has 0 spiro atoms. The number of carbonyl (C=O) groups excluding carboxylic acids is 2. The number of benzene rings is 2. The maximum Gasteiger partial charge on any atom is 0.255 e. The standard InChI is InChI=1S/C22H20Cl2N4O2/c23-16-8-9-19(18(24)10-16)28-21(15-6-7-15)17(12-27-28)22(30)26-13-20(29)25-11-14-4-2-1-3-5-14/h1-5,8-10,12,15H,6-7,11,13H2,(H,25,29)(H,26,30). The molecule has 1 aliphatic carbocycles. The summed E-state index contributed by atoms with van der Waals surface area (Å²) in [6.07, 6.45) is 3.49. The zero-order chi connectivity index (χ0) is 21.1.